The van der Waals surface area contributed by atoms with E-state index in [4.69, 9.17) is 0 Å². The average molecular weight is 246 g/mol. The number of aryl methyl sites for hydroxylation is 1. The largest absolute Gasteiger partial charge is 0.390 e. The Morgan fingerprint density at radius 1 is 1.12 bits per heavy atom. The Morgan fingerprint density at radius 3 is 2.53 bits per heavy atom. The molecule has 1 atom stereocenters. The Morgan fingerprint density at radius 2 is 1.88 bits per heavy atom. The highest BCUT2D eigenvalue weighted by molar-refractivity contribution is 7.09. The van der Waals surface area contributed by atoms with E-state index in [0.717, 1.165) is 19.3 Å². The van der Waals surface area contributed by atoms with E-state index in [9.17, 15) is 5.11 Å². The summed E-state index contributed by atoms with van der Waals surface area (Å²) in [6, 6.07) is 14.4. The van der Waals surface area contributed by atoms with Gasteiger partial charge < -0.3 is 5.11 Å². The number of hydrogen-bond acceptors (Lipinski definition) is 2. The molecule has 17 heavy (non-hydrogen) atoms. The number of hydrogen-bond donors (Lipinski definition) is 1. The molecule has 0 bridgehead atoms. The smallest absolute Gasteiger partial charge is 0.0663 e. The monoisotopic (exact) mass is 246 g/mol. The third-order valence-electron chi connectivity index (χ3n) is 2.92. The molecule has 1 unspecified atom stereocenters. The lowest BCUT2D eigenvalue weighted by atomic mass is 9.91. The van der Waals surface area contributed by atoms with Crippen molar-refractivity contribution >= 4 is 11.3 Å². The minimum atomic E-state index is -0.620. The highest BCUT2D eigenvalue weighted by Gasteiger charge is 2.20. The summed E-state index contributed by atoms with van der Waals surface area (Å²) in [6.45, 7) is 1.92. The van der Waals surface area contributed by atoms with Crippen LogP contribution in [0.2, 0.25) is 0 Å². The van der Waals surface area contributed by atoms with Crippen LogP contribution >= 0.6 is 11.3 Å². The predicted octanol–water partition coefficient (Wildman–Crippen LogP) is 3.67. The molecule has 0 aliphatic carbocycles. The van der Waals surface area contributed by atoms with Gasteiger partial charge >= 0.3 is 0 Å². The first kappa shape index (κ1) is 12.3. The van der Waals surface area contributed by atoms with E-state index < -0.39 is 5.60 Å². The molecule has 2 heteroatoms. The van der Waals surface area contributed by atoms with Crippen LogP contribution in [0.25, 0.3) is 0 Å². The molecule has 2 rings (SSSR count). The molecule has 0 fully saturated rings. The van der Waals surface area contributed by atoms with E-state index in [1.807, 2.05) is 25.1 Å². The molecule has 90 valence electrons. The number of rotatable bonds is 5. The van der Waals surface area contributed by atoms with Gasteiger partial charge in [0.05, 0.1) is 5.60 Å². The fraction of sp³-hybridized carbons (Fsp3) is 0.333. The second-order valence-electron chi connectivity index (χ2n) is 4.74. The Hall–Kier alpha value is -1.12. The minimum Gasteiger partial charge on any atom is -0.390 e. The van der Waals surface area contributed by atoms with Crippen molar-refractivity contribution in [2.45, 2.75) is 31.8 Å². The molecule has 0 aliphatic heterocycles. The van der Waals surface area contributed by atoms with E-state index in [-0.39, 0.29) is 0 Å². The van der Waals surface area contributed by atoms with Gasteiger partial charge in [0.15, 0.2) is 0 Å². The summed E-state index contributed by atoms with van der Waals surface area (Å²) in [5, 5.41) is 12.5. The zero-order valence-corrected chi connectivity index (χ0v) is 10.9. The van der Waals surface area contributed by atoms with Crippen molar-refractivity contribution in [3.63, 3.8) is 0 Å². The van der Waals surface area contributed by atoms with Gasteiger partial charge in [-0.05, 0) is 36.8 Å². The van der Waals surface area contributed by atoms with Gasteiger partial charge in [-0.2, -0.15) is 0 Å². The lowest BCUT2D eigenvalue weighted by molar-refractivity contribution is 0.0518. The third kappa shape index (κ3) is 3.99. The molecular weight excluding hydrogens is 228 g/mol. The topological polar surface area (TPSA) is 20.2 Å². The van der Waals surface area contributed by atoms with Gasteiger partial charge in [-0.15, -0.1) is 11.3 Å². The molecule has 0 saturated heterocycles. The maximum Gasteiger partial charge on any atom is 0.0663 e. The molecule has 0 spiro atoms. The maximum atomic E-state index is 10.4. The normalized spacial score (nSPS) is 14.5. The molecule has 0 radical (unpaired) electrons. The van der Waals surface area contributed by atoms with E-state index in [2.05, 4.69) is 29.6 Å². The van der Waals surface area contributed by atoms with Crippen LogP contribution < -0.4 is 0 Å². The summed E-state index contributed by atoms with van der Waals surface area (Å²) >= 11 is 1.76. The second-order valence-corrected chi connectivity index (χ2v) is 5.77. The van der Waals surface area contributed by atoms with Gasteiger partial charge in [0.2, 0.25) is 0 Å². The molecule has 1 heterocycles. The van der Waals surface area contributed by atoms with Crippen molar-refractivity contribution in [3.05, 3.63) is 58.3 Å². The van der Waals surface area contributed by atoms with E-state index in [0.29, 0.717) is 0 Å². The Balaban J connectivity index is 1.90. The predicted molar refractivity (Wildman–Crippen MR) is 73.4 cm³/mol. The highest BCUT2D eigenvalue weighted by Crippen LogP contribution is 2.21. The summed E-state index contributed by atoms with van der Waals surface area (Å²) in [5.41, 5.74) is 0.578. The van der Waals surface area contributed by atoms with Crippen molar-refractivity contribution in [1.29, 1.82) is 0 Å². The summed E-state index contributed by atoms with van der Waals surface area (Å²) in [6.07, 6.45) is 2.49. The summed E-state index contributed by atoms with van der Waals surface area (Å²) in [4.78, 5) is 1.35. The lowest BCUT2D eigenvalue weighted by Crippen LogP contribution is -2.27. The Bertz CT molecular complexity index is 431. The molecule has 0 saturated carbocycles. The van der Waals surface area contributed by atoms with Crippen molar-refractivity contribution in [2.75, 3.05) is 0 Å². The van der Waals surface area contributed by atoms with Gasteiger partial charge in [0.25, 0.3) is 0 Å². The van der Waals surface area contributed by atoms with Crippen molar-refractivity contribution < 1.29 is 5.11 Å². The minimum absolute atomic E-state index is 0.620. The molecule has 0 amide bonds. The van der Waals surface area contributed by atoms with E-state index in [1.54, 1.807) is 11.3 Å². The van der Waals surface area contributed by atoms with Crippen LogP contribution in [-0.4, -0.2) is 10.7 Å². The zero-order valence-electron chi connectivity index (χ0n) is 10.1. The SMILES string of the molecule is CC(O)(CCc1cccs1)Cc1ccccc1. The maximum absolute atomic E-state index is 10.4. The first-order valence-corrected chi connectivity index (χ1v) is 6.82. The van der Waals surface area contributed by atoms with Crippen molar-refractivity contribution in [1.82, 2.24) is 0 Å². The van der Waals surface area contributed by atoms with Gasteiger partial charge in [-0.25, -0.2) is 0 Å². The van der Waals surface area contributed by atoms with Crippen LogP contribution in [0.3, 0.4) is 0 Å². The van der Waals surface area contributed by atoms with Crippen LogP contribution in [0, 0.1) is 0 Å². The first-order valence-electron chi connectivity index (χ1n) is 5.94. The quantitative estimate of drug-likeness (QED) is 0.853. The molecule has 0 aliphatic rings. The fourth-order valence-corrected chi connectivity index (χ4v) is 2.68. The lowest BCUT2D eigenvalue weighted by Gasteiger charge is -2.23. The molecule has 1 aromatic heterocycles. The van der Waals surface area contributed by atoms with Gasteiger partial charge in [0.1, 0.15) is 0 Å². The summed E-state index contributed by atoms with van der Waals surface area (Å²) in [5.74, 6) is 0. The first-order chi connectivity index (χ1) is 8.16. The number of benzene rings is 1. The number of aliphatic hydroxyl groups is 1. The highest BCUT2D eigenvalue weighted by atomic mass is 32.1. The van der Waals surface area contributed by atoms with Crippen LogP contribution in [-0.2, 0) is 12.8 Å². The van der Waals surface area contributed by atoms with Crippen LogP contribution in [0.5, 0.6) is 0 Å². The molecule has 2 aromatic rings. The Kier molecular flexibility index (Phi) is 3.97. The van der Waals surface area contributed by atoms with Crippen LogP contribution in [0.1, 0.15) is 23.8 Å². The van der Waals surface area contributed by atoms with Gasteiger partial charge in [-0.1, -0.05) is 36.4 Å². The molecule has 1 nitrogen and oxygen atoms in total. The Labute approximate surface area is 107 Å². The molecule has 1 aromatic carbocycles. The fourth-order valence-electron chi connectivity index (χ4n) is 1.97. The standard InChI is InChI=1S/C15H18OS/c1-15(16,10-9-14-8-5-11-17-14)12-13-6-3-2-4-7-13/h2-8,11,16H,9-10,12H2,1H3. The number of thiophene rings is 1. The summed E-state index contributed by atoms with van der Waals surface area (Å²) in [7, 11) is 0. The van der Waals surface area contributed by atoms with Crippen LogP contribution in [0.15, 0.2) is 47.8 Å². The van der Waals surface area contributed by atoms with Gasteiger partial charge in [-0.3, -0.25) is 0 Å². The van der Waals surface area contributed by atoms with Crippen LogP contribution in [0.4, 0.5) is 0 Å². The zero-order chi connectivity index (χ0) is 12.1. The summed E-state index contributed by atoms with van der Waals surface area (Å²) < 4.78 is 0. The van der Waals surface area contributed by atoms with E-state index in [1.165, 1.54) is 10.4 Å². The second kappa shape index (κ2) is 5.48. The average Bonchev–Trinajstić information content (AvgIpc) is 2.80. The molecular formula is C15H18OS. The van der Waals surface area contributed by atoms with Crippen molar-refractivity contribution in [3.8, 4) is 0 Å². The van der Waals surface area contributed by atoms with E-state index >= 15 is 0 Å². The third-order valence-corrected chi connectivity index (χ3v) is 3.85. The van der Waals surface area contributed by atoms with Gasteiger partial charge in [0, 0.05) is 11.3 Å². The molecule has 1 N–H and O–H groups in total. The van der Waals surface area contributed by atoms with Crippen molar-refractivity contribution in [2.24, 2.45) is 0 Å².